The van der Waals surface area contributed by atoms with Gasteiger partial charge < -0.3 is 15.4 Å². The number of carbonyl (C=O) groups excluding carboxylic acids is 2. The Morgan fingerprint density at radius 2 is 1.59 bits per heavy atom. The summed E-state index contributed by atoms with van der Waals surface area (Å²) in [5.74, 6) is 0.832. The Morgan fingerprint density at radius 1 is 0.931 bits per heavy atom. The van der Waals surface area contributed by atoms with Crippen molar-refractivity contribution >= 4 is 11.8 Å². The standard InChI is InChI=1S/C24H32N2O3/c1-17(2)21-7-5-6-8-22(21)29-19(4)24(28)26-16-15-25-23(27)14-13-20-11-9-18(3)10-12-20/h5-12,17,19H,13-16H2,1-4H3,(H,25,27)(H,26,28). The highest BCUT2D eigenvalue weighted by Crippen LogP contribution is 2.26. The van der Waals surface area contributed by atoms with E-state index < -0.39 is 6.10 Å². The number of rotatable bonds is 10. The van der Waals surface area contributed by atoms with E-state index in [1.54, 1.807) is 6.92 Å². The molecule has 2 N–H and O–H groups in total. The van der Waals surface area contributed by atoms with Crippen LogP contribution in [0.2, 0.25) is 0 Å². The van der Waals surface area contributed by atoms with Gasteiger partial charge in [0.15, 0.2) is 6.10 Å². The maximum absolute atomic E-state index is 12.3. The molecule has 0 aromatic heterocycles. The van der Waals surface area contributed by atoms with Crippen LogP contribution in [0.4, 0.5) is 0 Å². The topological polar surface area (TPSA) is 67.4 Å². The zero-order chi connectivity index (χ0) is 21.2. The predicted octanol–water partition coefficient (Wildman–Crippen LogP) is 3.75. The highest BCUT2D eigenvalue weighted by Gasteiger charge is 2.16. The third-order valence-electron chi connectivity index (χ3n) is 4.72. The first kappa shape index (κ1) is 22.5. The Kier molecular flexibility index (Phi) is 8.71. The van der Waals surface area contributed by atoms with Crippen LogP contribution < -0.4 is 15.4 Å². The van der Waals surface area contributed by atoms with Crippen LogP contribution in [0.5, 0.6) is 5.75 Å². The molecule has 2 aromatic carbocycles. The lowest BCUT2D eigenvalue weighted by molar-refractivity contribution is -0.127. The summed E-state index contributed by atoms with van der Waals surface area (Å²) in [5, 5.41) is 5.65. The summed E-state index contributed by atoms with van der Waals surface area (Å²) in [6.07, 6.45) is 0.535. The van der Waals surface area contributed by atoms with Gasteiger partial charge in [0.25, 0.3) is 5.91 Å². The van der Waals surface area contributed by atoms with Crippen molar-refractivity contribution in [2.75, 3.05) is 13.1 Å². The SMILES string of the molecule is Cc1ccc(CCC(=O)NCCNC(=O)C(C)Oc2ccccc2C(C)C)cc1. The molecule has 0 saturated heterocycles. The highest BCUT2D eigenvalue weighted by atomic mass is 16.5. The Bertz CT molecular complexity index is 800. The van der Waals surface area contributed by atoms with E-state index in [1.165, 1.54) is 5.56 Å². The molecule has 0 radical (unpaired) electrons. The van der Waals surface area contributed by atoms with Gasteiger partial charge in [0.2, 0.25) is 5.91 Å². The fraction of sp³-hybridized carbons (Fsp3) is 0.417. The van der Waals surface area contributed by atoms with Crippen LogP contribution in [-0.4, -0.2) is 31.0 Å². The van der Waals surface area contributed by atoms with Gasteiger partial charge in [-0.15, -0.1) is 0 Å². The van der Waals surface area contributed by atoms with Crippen molar-refractivity contribution in [3.63, 3.8) is 0 Å². The molecule has 2 amide bonds. The number of benzene rings is 2. The summed E-state index contributed by atoms with van der Waals surface area (Å²) in [6, 6.07) is 15.9. The van der Waals surface area contributed by atoms with Crippen LogP contribution in [0, 0.1) is 6.92 Å². The second kappa shape index (κ2) is 11.2. The number of para-hydroxylation sites is 1. The molecule has 2 rings (SSSR count). The zero-order valence-electron chi connectivity index (χ0n) is 17.8. The van der Waals surface area contributed by atoms with Gasteiger partial charge >= 0.3 is 0 Å². The number of nitrogens with one attached hydrogen (secondary N) is 2. The smallest absolute Gasteiger partial charge is 0.260 e. The lowest BCUT2D eigenvalue weighted by Gasteiger charge is -2.18. The largest absolute Gasteiger partial charge is 0.481 e. The van der Waals surface area contributed by atoms with Crippen molar-refractivity contribution in [1.82, 2.24) is 10.6 Å². The first-order valence-corrected chi connectivity index (χ1v) is 10.2. The molecule has 0 spiro atoms. The van der Waals surface area contributed by atoms with Gasteiger partial charge in [-0.3, -0.25) is 9.59 Å². The number of hydrogen-bond acceptors (Lipinski definition) is 3. The first-order chi connectivity index (χ1) is 13.9. The normalized spacial score (nSPS) is 11.8. The fourth-order valence-corrected chi connectivity index (χ4v) is 2.94. The molecule has 29 heavy (non-hydrogen) atoms. The molecule has 0 heterocycles. The number of aryl methyl sites for hydroxylation is 2. The molecule has 5 nitrogen and oxygen atoms in total. The van der Waals surface area contributed by atoms with Crippen LogP contribution in [-0.2, 0) is 16.0 Å². The minimum atomic E-state index is -0.605. The van der Waals surface area contributed by atoms with Gasteiger partial charge in [-0.05, 0) is 43.4 Å². The van der Waals surface area contributed by atoms with Crippen LogP contribution >= 0.6 is 0 Å². The molecule has 1 unspecified atom stereocenters. The average Bonchev–Trinajstić information content (AvgIpc) is 2.70. The van der Waals surface area contributed by atoms with Gasteiger partial charge in [0.1, 0.15) is 5.75 Å². The van der Waals surface area contributed by atoms with E-state index in [4.69, 9.17) is 4.74 Å². The predicted molar refractivity (Wildman–Crippen MR) is 116 cm³/mol. The summed E-state index contributed by atoms with van der Waals surface area (Å²) in [5.41, 5.74) is 3.43. The molecular formula is C24H32N2O3. The molecule has 0 aliphatic carbocycles. The van der Waals surface area contributed by atoms with Gasteiger partial charge in [0.05, 0.1) is 0 Å². The summed E-state index contributed by atoms with van der Waals surface area (Å²) in [6.45, 7) is 8.72. The van der Waals surface area contributed by atoms with Gasteiger partial charge in [-0.25, -0.2) is 0 Å². The monoisotopic (exact) mass is 396 g/mol. The highest BCUT2D eigenvalue weighted by molar-refractivity contribution is 5.81. The fourth-order valence-electron chi connectivity index (χ4n) is 2.94. The number of amides is 2. The number of ether oxygens (including phenoxy) is 1. The molecule has 0 aliphatic heterocycles. The summed E-state index contributed by atoms with van der Waals surface area (Å²) in [4.78, 5) is 24.2. The summed E-state index contributed by atoms with van der Waals surface area (Å²) in [7, 11) is 0. The van der Waals surface area contributed by atoms with Crippen molar-refractivity contribution in [3.8, 4) is 5.75 Å². The maximum atomic E-state index is 12.3. The minimum Gasteiger partial charge on any atom is -0.481 e. The van der Waals surface area contributed by atoms with Gasteiger partial charge in [0, 0.05) is 19.5 Å². The average molecular weight is 397 g/mol. The third-order valence-corrected chi connectivity index (χ3v) is 4.72. The Morgan fingerprint density at radius 3 is 2.28 bits per heavy atom. The summed E-state index contributed by atoms with van der Waals surface area (Å²) >= 11 is 0. The molecule has 156 valence electrons. The van der Waals surface area contributed by atoms with Crippen molar-refractivity contribution in [2.24, 2.45) is 0 Å². The van der Waals surface area contributed by atoms with Crippen LogP contribution in [0.1, 0.15) is 49.8 Å². The molecule has 0 bridgehead atoms. The van der Waals surface area contributed by atoms with Crippen LogP contribution in [0.3, 0.4) is 0 Å². The van der Waals surface area contributed by atoms with Crippen molar-refractivity contribution < 1.29 is 14.3 Å². The van der Waals surface area contributed by atoms with Crippen LogP contribution in [0.15, 0.2) is 48.5 Å². The second-order valence-corrected chi connectivity index (χ2v) is 7.58. The van der Waals surface area contributed by atoms with E-state index in [-0.39, 0.29) is 11.8 Å². The van der Waals surface area contributed by atoms with Gasteiger partial charge in [-0.2, -0.15) is 0 Å². The Labute approximate surface area is 173 Å². The Balaban J connectivity index is 1.67. The molecule has 5 heteroatoms. The third kappa shape index (κ3) is 7.60. The van der Waals surface area contributed by atoms with Gasteiger partial charge in [-0.1, -0.05) is 61.9 Å². The molecular weight excluding hydrogens is 364 g/mol. The van der Waals surface area contributed by atoms with E-state index in [2.05, 4.69) is 24.5 Å². The van der Waals surface area contributed by atoms with Crippen molar-refractivity contribution in [1.29, 1.82) is 0 Å². The zero-order valence-corrected chi connectivity index (χ0v) is 17.8. The van der Waals surface area contributed by atoms with E-state index in [1.807, 2.05) is 55.5 Å². The molecule has 0 fully saturated rings. The first-order valence-electron chi connectivity index (χ1n) is 10.2. The van der Waals surface area contributed by atoms with E-state index in [0.29, 0.717) is 31.8 Å². The van der Waals surface area contributed by atoms with E-state index in [0.717, 1.165) is 16.9 Å². The van der Waals surface area contributed by atoms with E-state index in [9.17, 15) is 9.59 Å². The second-order valence-electron chi connectivity index (χ2n) is 7.58. The Hall–Kier alpha value is -2.82. The maximum Gasteiger partial charge on any atom is 0.260 e. The van der Waals surface area contributed by atoms with Crippen molar-refractivity contribution in [3.05, 3.63) is 65.2 Å². The lowest BCUT2D eigenvalue weighted by Crippen LogP contribution is -2.40. The minimum absolute atomic E-state index is 0.0185. The molecule has 0 aliphatic rings. The molecule has 1 atom stereocenters. The quantitative estimate of drug-likeness (QED) is 0.601. The van der Waals surface area contributed by atoms with Crippen LogP contribution in [0.25, 0.3) is 0 Å². The summed E-state index contributed by atoms with van der Waals surface area (Å²) < 4.78 is 5.84. The molecule has 2 aromatic rings. The van der Waals surface area contributed by atoms with Crippen molar-refractivity contribution in [2.45, 2.75) is 52.6 Å². The van der Waals surface area contributed by atoms with E-state index >= 15 is 0 Å². The molecule has 0 saturated carbocycles. The number of hydrogen-bond donors (Lipinski definition) is 2. The number of carbonyl (C=O) groups is 2. The lowest BCUT2D eigenvalue weighted by atomic mass is 10.0.